The highest BCUT2D eigenvalue weighted by molar-refractivity contribution is 5.88. The Labute approximate surface area is 105 Å². The second kappa shape index (κ2) is 4.64. The molecular weight excluding hydrogens is 232 g/mol. The first-order valence-corrected chi connectivity index (χ1v) is 5.77. The van der Waals surface area contributed by atoms with Gasteiger partial charge in [0.1, 0.15) is 5.69 Å². The van der Waals surface area contributed by atoms with Gasteiger partial charge in [0.2, 0.25) is 0 Å². The molecule has 0 atom stereocenters. The Morgan fingerprint density at radius 1 is 1.50 bits per heavy atom. The van der Waals surface area contributed by atoms with Crippen molar-refractivity contribution < 1.29 is 9.53 Å². The fraction of sp³-hybridized carbons (Fsp3) is 0.417. The lowest BCUT2D eigenvalue weighted by Gasteiger charge is -1.97. The second-order valence-corrected chi connectivity index (χ2v) is 4.06. The molecule has 2 aromatic rings. The molecule has 0 unspecified atom stereocenters. The summed E-state index contributed by atoms with van der Waals surface area (Å²) in [6, 6.07) is 1.69. The van der Waals surface area contributed by atoms with E-state index in [0.29, 0.717) is 18.0 Å². The van der Waals surface area contributed by atoms with Crippen LogP contribution in [0.3, 0.4) is 0 Å². The number of H-pyrrole nitrogens is 1. The van der Waals surface area contributed by atoms with Crippen molar-refractivity contribution in [2.24, 2.45) is 7.05 Å². The largest absolute Gasteiger partial charge is 0.461 e. The third kappa shape index (κ3) is 2.01. The quantitative estimate of drug-likeness (QED) is 0.837. The number of nitrogens with one attached hydrogen (secondary N) is 1. The van der Waals surface area contributed by atoms with Crippen LogP contribution in [0.2, 0.25) is 0 Å². The van der Waals surface area contributed by atoms with E-state index in [-0.39, 0.29) is 0 Å². The minimum absolute atomic E-state index is 0.345. The van der Waals surface area contributed by atoms with Crippen LogP contribution in [0.5, 0.6) is 0 Å². The Balaban J connectivity index is 2.38. The number of carbonyl (C=O) groups excluding carboxylic acids is 1. The van der Waals surface area contributed by atoms with E-state index in [4.69, 9.17) is 4.74 Å². The van der Waals surface area contributed by atoms with E-state index in [1.165, 1.54) is 0 Å². The number of nitrogens with zero attached hydrogens (tertiary/aromatic N) is 3. The maximum absolute atomic E-state index is 11.6. The molecule has 0 bridgehead atoms. The van der Waals surface area contributed by atoms with Gasteiger partial charge in [-0.2, -0.15) is 10.2 Å². The van der Waals surface area contributed by atoms with Crippen LogP contribution >= 0.6 is 0 Å². The number of aromatic amines is 1. The van der Waals surface area contributed by atoms with Crippen molar-refractivity contribution in [2.75, 3.05) is 6.61 Å². The molecule has 0 radical (unpaired) electrons. The van der Waals surface area contributed by atoms with Crippen molar-refractivity contribution in [1.82, 2.24) is 20.0 Å². The van der Waals surface area contributed by atoms with Crippen molar-refractivity contribution in [3.8, 4) is 11.3 Å². The monoisotopic (exact) mass is 248 g/mol. The van der Waals surface area contributed by atoms with Crippen molar-refractivity contribution in [3.05, 3.63) is 23.1 Å². The molecule has 2 heterocycles. The lowest BCUT2D eigenvalue weighted by molar-refractivity contribution is 0.0519. The van der Waals surface area contributed by atoms with E-state index in [1.807, 2.05) is 20.9 Å². The SMILES string of the molecule is CCOC(=O)c1cc(-c2c(C)nn(C)c2C)n[nH]1. The molecule has 0 aromatic carbocycles. The van der Waals surface area contributed by atoms with Crippen LogP contribution in [0, 0.1) is 13.8 Å². The summed E-state index contributed by atoms with van der Waals surface area (Å²) in [5, 5.41) is 11.2. The molecule has 0 aliphatic heterocycles. The smallest absolute Gasteiger partial charge is 0.356 e. The number of hydrogen-bond acceptors (Lipinski definition) is 4. The molecule has 0 aliphatic carbocycles. The summed E-state index contributed by atoms with van der Waals surface area (Å²) >= 11 is 0. The Morgan fingerprint density at radius 2 is 2.22 bits per heavy atom. The zero-order valence-corrected chi connectivity index (χ0v) is 10.9. The van der Waals surface area contributed by atoms with Gasteiger partial charge in [-0.05, 0) is 26.8 Å². The molecule has 0 saturated carbocycles. The molecule has 0 saturated heterocycles. The number of esters is 1. The molecular formula is C12H16N4O2. The van der Waals surface area contributed by atoms with E-state index >= 15 is 0 Å². The minimum Gasteiger partial charge on any atom is -0.461 e. The highest BCUT2D eigenvalue weighted by Gasteiger charge is 2.17. The molecule has 6 heteroatoms. The van der Waals surface area contributed by atoms with Crippen LogP contribution in [0.15, 0.2) is 6.07 Å². The van der Waals surface area contributed by atoms with Gasteiger partial charge in [-0.1, -0.05) is 0 Å². The normalized spacial score (nSPS) is 10.7. The zero-order valence-electron chi connectivity index (χ0n) is 10.9. The van der Waals surface area contributed by atoms with Crippen molar-refractivity contribution in [3.63, 3.8) is 0 Å². The predicted molar refractivity (Wildman–Crippen MR) is 66.2 cm³/mol. The number of rotatable bonds is 3. The van der Waals surface area contributed by atoms with Crippen LogP contribution in [-0.4, -0.2) is 32.6 Å². The van der Waals surface area contributed by atoms with Crippen molar-refractivity contribution in [2.45, 2.75) is 20.8 Å². The summed E-state index contributed by atoms with van der Waals surface area (Å²) in [4.78, 5) is 11.6. The topological polar surface area (TPSA) is 72.8 Å². The molecule has 2 rings (SSSR count). The summed E-state index contributed by atoms with van der Waals surface area (Å²) in [5.74, 6) is -0.393. The van der Waals surface area contributed by atoms with Crippen molar-refractivity contribution >= 4 is 5.97 Å². The van der Waals surface area contributed by atoms with Crippen LogP contribution in [-0.2, 0) is 11.8 Å². The van der Waals surface area contributed by atoms with Crippen molar-refractivity contribution in [1.29, 1.82) is 0 Å². The number of aryl methyl sites for hydroxylation is 2. The Morgan fingerprint density at radius 3 is 2.78 bits per heavy atom. The van der Waals surface area contributed by atoms with Gasteiger partial charge in [-0.25, -0.2) is 4.79 Å². The Hall–Kier alpha value is -2.11. The summed E-state index contributed by atoms with van der Waals surface area (Å²) in [7, 11) is 1.88. The third-order valence-electron chi connectivity index (χ3n) is 2.84. The molecule has 0 aliphatic rings. The number of hydrogen-bond donors (Lipinski definition) is 1. The third-order valence-corrected chi connectivity index (χ3v) is 2.84. The van der Waals surface area contributed by atoms with Crippen LogP contribution in [0.4, 0.5) is 0 Å². The highest BCUT2D eigenvalue weighted by Crippen LogP contribution is 2.25. The average Bonchev–Trinajstić information content (AvgIpc) is 2.86. The van der Waals surface area contributed by atoms with E-state index in [1.54, 1.807) is 17.7 Å². The molecule has 2 aromatic heterocycles. The highest BCUT2D eigenvalue weighted by atomic mass is 16.5. The number of carbonyl (C=O) groups is 1. The molecule has 18 heavy (non-hydrogen) atoms. The van der Waals surface area contributed by atoms with Gasteiger partial charge in [0.25, 0.3) is 0 Å². The lowest BCUT2D eigenvalue weighted by atomic mass is 10.1. The second-order valence-electron chi connectivity index (χ2n) is 4.06. The van der Waals surface area contributed by atoms with Gasteiger partial charge in [-0.15, -0.1) is 0 Å². The molecule has 6 nitrogen and oxygen atoms in total. The molecule has 0 spiro atoms. The van der Waals surface area contributed by atoms with Gasteiger partial charge < -0.3 is 4.74 Å². The fourth-order valence-corrected chi connectivity index (χ4v) is 1.91. The summed E-state index contributed by atoms with van der Waals surface area (Å²) in [6.07, 6.45) is 0. The predicted octanol–water partition coefficient (Wildman–Crippen LogP) is 1.60. The van der Waals surface area contributed by atoms with Gasteiger partial charge in [-0.3, -0.25) is 9.78 Å². The summed E-state index contributed by atoms with van der Waals surface area (Å²) in [6.45, 7) is 6.00. The van der Waals surface area contributed by atoms with Crippen LogP contribution in [0.1, 0.15) is 28.8 Å². The first kappa shape index (κ1) is 12.3. The van der Waals surface area contributed by atoms with E-state index in [9.17, 15) is 4.79 Å². The van der Waals surface area contributed by atoms with Gasteiger partial charge in [0, 0.05) is 18.3 Å². The first-order valence-electron chi connectivity index (χ1n) is 5.77. The number of aromatic nitrogens is 4. The summed E-state index contributed by atoms with van der Waals surface area (Å²) in [5.41, 5.74) is 3.91. The first-order chi connectivity index (χ1) is 8.54. The van der Waals surface area contributed by atoms with Gasteiger partial charge >= 0.3 is 5.97 Å². The molecule has 0 fully saturated rings. The average molecular weight is 248 g/mol. The van der Waals surface area contributed by atoms with E-state index in [2.05, 4.69) is 15.3 Å². The minimum atomic E-state index is -0.393. The maximum atomic E-state index is 11.6. The molecule has 0 amide bonds. The standard InChI is InChI=1S/C12H16N4O2/c1-5-18-12(17)10-6-9(13-14-10)11-7(2)15-16(4)8(11)3/h6H,5H2,1-4H3,(H,13,14). The fourth-order valence-electron chi connectivity index (χ4n) is 1.91. The Bertz CT molecular complexity index is 583. The van der Waals surface area contributed by atoms with Crippen LogP contribution < -0.4 is 0 Å². The van der Waals surface area contributed by atoms with E-state index in [0.717, 1.165) is 17.0 Å². The zero-order chi connectivity index (χ0) is 13.3. The molecule has 96 valence electrons. The Kier molecular flexibility index (Phi) is 3.18. The lowest BCUT2D eigenvalue weighted by Crippen LogP contribution is -2.04. The van der Waals surface area contributed by atoms with Gasteiger partial charge in [0.05, 0.1) is 18.0 Å². The van der Waals surface area contributed by atoms with Gasteiger partial charge in [0.15, 0.2) is 0 Å². The summed E-state index contributed by atoms with van der Waals surface area (Å²) < 4.78 is 6.71. The van der Waals surface area contributed by atoms with Crippen LogP contribution in [0.25, 0.3) is 11.3 Å². The maximum Gasteiger partial charge on any atom is 0.356 e. The number of ether oxygens (including phenoxy) is 1. The van der Waals surface area contributed by atoms with E-state index < -0.39 is 5.97 Å². The molecule has 1 N–H and O–H groups in total.